The summed E-state index contributed by atoms with van der Waals surface area (Å²) in [6.45, 7) is 0. The van der Waals surface area contributed by atoms with Crippen molar-refractivity contribution >= 4 is 23.2 Å². The minimum atomic E-state index is -0.594. The summed E-state index contributed by atoms with van der Waals surface area (Å²) < 4.78 is 1.15. The van der Waals surface area contributed by atoms with Crippen LogP contribution in [0, 0.1) is 0 Å². The fourth-order valence-electron chi connectivity index (χ4n) is 3.48. The number of aryl methyl sites for hydroxylation is 2. The maximum atomic E-state index is 12.5. The third-order valence-corrected chi connectivity index (χ3v) is 6.28. The molecule has 0 unspecified atom stereocenters. The minimum absolute atomic E-state index is 0.0252. The highest BCUT2D eigenvalue weighted by molar-refractivity contribution is 7.14. The van der Waals surface area contributed by atoms with Crippen molar-refractivity contribution in [3.8, 4) is 5.69 Å². The molecule has 7 nitrogen and oxygen atoms in total. The van der Waals surface area contributed by atoms with E-state index in [4.69, 9.17) is 0 Å². The highest BCUT2D eigenvalue weighted by Gasteiger charge is 2.17. The van der Waals surface area contributed by atoms with Gasteiger partial charge in [0, 0.05) is 10.9 Å². The Morgan fingerprint density at radius 3 is 2.43 bits per heavy atom. The fraction of sp³-hybridized carbons (Fsp3) is 0.273. The average molecular weight is 423 g/mol. The second-order valence-corrected chi connectivity index (χ2v) is 8.32. The van der Waals surface area contributed by atoms with Crippen molar-refractivity contribution in [3.05, 3.63) is 79.9 Å². The lowest BCUT2D eigenvalue weighted by Gasteiger charge is -2.08. The summed E-state index contributed by atoms with van der Waals surface area (Å²) in [5.74, 6) is -0.945. The number of thiophene rings is 1. The number of hydrogen-bond acceptors (Lipinski definition) is 5. The van der Waals surface area contributed by atoms with Gasteiger partial charge in [-0.25, -0.2) is 0 Å². The molecule has 0 fully saturated rings. The Morgan fingerprint density at radius 2 is 1.63 bits per heavy atom. The van der Waals surface area contributed by atoms with Gasteiger partial charge in [-0.3, -0.25) is 25.2 Å². The van der Waals surface area contributed by atoms with Crippen LogP contribution in [0.1, 0.15) is 56.3 Å². The molecule has 154 valence electrons. The van der Waals surface area contributed by atoms with Crippen LogP contribution >= 0.6 is 11.3 Å². The SMILES string of the molecule is O=C(NNC(=O)c1cc2c(s1)CCCCCC2)c1ccc(=O)n(-c2ccccc2)n1. The van der Waals surface area contributed by atoms with Gasteiger partial charge >= 0.3 is 0 Å². The first-order chi connectivity index (χ1) is 14.6. The molecule has 0 radical (unpaired) electrons. The molecule has 0 atom stereocenters. The molecule has 8 heteroatoms. The van der Waals surface area contributed by atoms with E-state index in [-0.39, 0.29) is 17.2 Å². The number of hydrogen-bond donors (Lipinski definition) is 2. The van der Waals surface area contributed by atoms with Crippen LogP contribution in [0.5, 0.6) is 0 Å². The zero-order valence-corrected chi connectivity index (χ0v) is 17.2. The highest BCUT2D eigenvalue weighted by Crippen LogP contribution is 2.28. The van der Waals surface area contributed by atoms with E-state index in [1.807, 2.05) is 12.1 Å². The Balaban J connectivity index is 1.44. The van der Waals surface area contributed by atoms with Gasteiger partial charge in [-0.05, 0) is 55.5 Å². The summed E-state index contributed by atoms with van der Waals surface area (Å²) in [4.78, 5) is 38.9. The van der Waals surface area contributed by atoms with Crippen molar-refractivity contribution in [3.63, 3.8) is 0 Å². The van der Waals surface area contributed by atoms with Crippen LogP contribution in [0.25, 0.3) is 5.69 Å². The van der Waals surface area contributed by atoms with Gasteiger partial charge in [-0.15, -0.1) is 11.3 Å². The van der Waals surface area contributed by atoms with Gasteiger partial charge < -0.3 is 0 Å². The first kappa shape index (κ1) is 20.0. The molecule has 2 aromatic heterocycles. The van der Waals surface area contributed by atoms with Gasteiger partial charge in [0.05, 0.1) is 10.6 Å². The van der Waals surface area contributed by atoms with Crippen LogP contribution in [-0.4, -0.2) is 21.6 Å². The normalized spacial score (nSPS) is 13.6. The Bertz CT molecular complexity index is 1100. The molecule has 1 aliphatic rings. The van der Waals surface area contributed by atoms with Gasteiger partial charge in [0.25, 0.3) is 17.4 Å². The van der Waals surface area contributed by atoms with Crippen LogP contribution in [0.15, 0.2) is 53.3 Å². The Kier molecular flexibility index (Phi) is 6.04. The monoisotopic (exact) mass is 422 g/mol. The molecular formula is C22H22N4O3S. The van der Waals surface area contributed by atoms with E-state index in [1.54, 1.807) is 24.3 Å². The summed E-state index contributed by atoms with van der Waals surface area (Å²) in [6, 6.07) is 13.4. The summed E-state index contributed by atoms with van der Waals surface area (Å²) in [7, 11) is 0. The van der Waals surface area contributed by atoms with Gasteiger partial charge in [0.1, 0.15) is 0 Å². The molecule has 2 N–H and O–H groups in total. The second-order valence-electron chi connectivity index (χ2n) is 7.19. The van der Waals surface area contributed by atoms with Gasteiger partial charge in [-0.1, -0.05) is 31.0 Å². The average Bonchev–Trinajstić information content (AvgIpc) is 3.14. The quantitative estimate of drug-likeness (QED) is 0.635. The van der Waals surface area contributed by atoms with E-state index in [2.05, 4.69) is 16.0 Å². The third-order valence-electron chi connectivity index (χ3n) is 5.04. The number of benzene rings is 1. The lowest BCUT2D eigenvalue weighted by atomic mass is 10.00. The molecule has 3 aromatic rings. The van der Waals surface area contributed by atoms with Crippen LogP contribution in [0.4, 0.5) is 0 Å². The predicted octanol–water partition coefficient (Wildman–Crippen LogP) is 3.03. The predicted molar refractivity (Wildman–Crippen MR) is 115 cm³/mol. The second kappa shape index (κ2) is 9.04. The van der Waals surface area contributed by atoms with Crippen molar-refractivity contribution < 1.29 is 9.59 Å². The van der Waals surface area contributed by atoms with Crippen molar-refractivity contribution in [2.75, 3.05) is 0 Å². The maximum absolute atomic E-state index is 12.5. The summed E-state index contributed by atoms with van der Waals surface area (Å²) >= 11 is 1.49. The number of carbonyl (C=O) groups is 2. The van der Waals surface area contributed by atoms with Crippen LogP contribution in [0.2, 0.25) is 0 Å². The van der Waals surface area contributed by atoms with Gasteiger partial charge in [-0.2, -0.15) is 9.78 Å². The summed E-state index contributed by atoms with van der Waals surface area (Å²) in [5.41, 5.74) is 6.32. The molecule has 4 rings (SSSR count). The number of para-hydroxylation sites is 1. The molecule has 1 aromatic carbocycles. The largest absolute Gasteiger partial charge is 0.290 e. The smallest absolute Gasteiger partial charge is 0.267 e. The summed E-state index contributed by atoms with van der Waals surface area (Å²) in [5, 5.41) is 4.11. The van der Waals surface area contributed by atoms with E-state index in [0.717, 1.165) is 30.4 Å². The van der Waals surface area contributed by atoms with Crippen LogP contribution < -0.4 is 16.4 Å². The number of nitrogens with one attached hydrogen (secondary N) is 2. The Morgan fingerprint density at radius 1 is 0.900 bits per heavy atom. The minimum Gasteiger partial charge on any atom is -0.267 e. The van der Waals surface area contributed by atoms with Gasteiger partial charge in [0.2, 0.25) is 0 Å². The van der Waals surface area contributed by atoms with E-state index >= 15 is 0 Å². The van der Waals surface area contributed by atoms with Crippen LogP contribution in [-0.2, 0) is 12.8 Å². The van der Waals surface area contributed by atoms with Crippen molar-refractivity contribution in [1.29, 1.82) is 0 Å². The number of rotatable bonds is 3. The molecule has 0 bridgehead atoms. The number of amides is 2. The van der Waals surface area contributed by atoms with Crippen molar-refractivity contribution in [2.45, 2.75) is 38.5 Å². The van der Waals surface area contributed by atoms with Crippen molar-refractivity contribution in [1.82, 2.24) is 20.6 Å². The zero-order chi connectivity index (χ0) is 20.9. The number of carbonyl (C=O) groups excluding carboxylic acids is 2. The Labute approximate surface area is 177 Å². The number of nitrogens with zero attached hydrogens (tertiary/aromatic N) is 2. The van der Waals surface area contributed by atoms with E-state index in [0.29, 0.717) is 10.6 Å². The standard InChI is InChI=1S/C22H22N4O3S/c27-20-13-12-17(25-26(20)16-9-5-3-6-10-16)21(28)23-24-22(29)19-14-15-8-4-1-2-7-11-18(15)30-19/h3,5-6,9-10,12-14H,1-2,4,7-8,11H2,(H,23,28)(H,24,29). The molecule has 2 amide bonds. The Hall–Kier alpha value is -3.26. The molecule has 2 heterocycles. The van der Waals surface area contributed by atoms with Gasteiger partial charge in [0.15, 0.2) is 5.69 Å². The molecule has 1 aliphatic carbocycles. The van der Waals surface area contributed by atoms with E-state index < -0.39 is 5.91 Å². The lowest BCUT2D eigenvalue weighted by molar-refractivity contribution is 0.0845. The molecule has 30 heavy (non-hydrogen) atoms. The third kappa shape index (κ3) is 4.49. The highest BCUT2D eigenvalue weighted by atomic mass is 32.1. The molecule has 0 saturated heterocycles. The zero-order valence-electron chi connectivity index (χ0n) is 16.4. The first-order valence-corrected chi connectivity index (χ1v) is 10.8. The van der Waals surface area contributed by atoms with E-state index in [9.17, 15) is 14.4 Å². The lowest BCUT2D eigenvalue weighted by Crippen LogP contribution is -2.42. The summed E-state index contributed by atoms with van der Waals surface area (Å²) in [6.07, 6.45) is 6.75. The molecule has 0 aliphatic heterocycles. The fourth-order valence-corrected chi connectivity index (χ4v) is 4.63. The maximum Gasteiger partial charge on any atom is 0.290 e. The number of fused-ring (bicyclic) bond motifs is 1. The first-order valence-electron chi connectivity index (χ1n) is 10.00. The van der Waals surface area contributed by atoms with Crippen LogP contribution in [0.3, 0.4) is 0 Å². The number of aromatic nitrogens is 2. The van der Waals surface area contributed by atoms with E-state index in [1.165, 1.54) is 46.8 Å². The number of hydrazine groups is 1. The van der Waals surface area contributed by atoms with Crippen molar-refractivity contribution in [2.24, 2.45) is 0 Å². The molecular weight excluding hydrogens is 400 g/mol. The molecule has 0 spiro atoms. The topological polar surface area (TPSA) is 93.1 Å². The molecule has 0 saturated carbocycles.